The number of ether oxygens (including phenoxy) is 1. The predicted octanol–water partition coefficient (Wildman–Crippen LogP) is 3.69. The Hall–Kier alpha value is -3.75. The average molecular weight is 585 g/mol. The summed E-state index contributed by atoms with van der Waals surface area (Å²) in [6.45, 7) is 2.12. The Balaban J connectivity index is 1.25. The van der Waals surface area contributed by atoms with Crippen molar-refractivity contribution in [3.8, 4) is 5.95 Å². The lowest BCUT2D eigenvalue weighted by atomic mass is 9.92. The van der Waals surface area contributed by atoms with Crippen LogP contribution in [0.3, 0.4) is 0 Å². The van der Waals surface area contributed by atoms with Crippen molar-refractivity contribution in [2.75, 3.05) is 36.5 Å². The molecule has 1 aliphatic heterocycles. The maximum atomic E-state index is 14.1. The Morgan fingerprint density at radius 2 is 1.49 bits per heavy atom. The topological polar surface area (TPSA) is 127 Å². The number of alkyl halides is 2. The van der Waals surface area contributed by atoms with Gasteiger partial charge in [0.25, 0.3) is 6.43 Å². The minimum atomic E-state index is -3.60. The molecule has 14 heteroatoms. The van der Waals surface area contributed by atoms with Gasteiger partial charge in [0, 0.05) is 25.2 Å². The number of nitrogens with one attached hydrogen (secondary N) is 2. The molecule has 2 N–H and O–H groups in total. The standard InChI is InChI=1S/C27H30F2N8O3S/c28-23(29)24-31-21-8-4-5-9-22(21)37(24)27-33-25(32-26(34-27)36-14-16-40-17-15-36)30-18-10-12-19(13-11-18)35-41(38,39)20-6-2-1-3-7-20/h1-9,18-19,23,35H,10-17H2,(H,30,32,33,34)/t18-,19-. The van der Waals surface area contributed by atoms with Gasteiger partial charge in [-0.15, -0.1) is 0 Å². The van der Waals surface area contributed by atoms with Crippen LogP contribution in [0.15, 0.2) is 59.5 Å². The second-order valence-corrected chi connectivity index (χ2v) is 11.8. The van der Waals surface area contributed by atoms with Gasteiger partial charge in [-0.25, -0.2) is 26.9 Å². The molecule has 2 fully saturated rings. The number of rotatable bonds is 8. The Kier molecular flexibility index (Phi) is 7.77. The molecule has 0 atom stereocenters. The first-order valence-corrected chi connectivity index (χ1v) is 15.0. The SMILES string of the molecule is O=S(=O)(N[C@H]1CC[C@H](Nc2nc(N3CCOCC3)nc(-n3c(C(F)F)nc4ccccc43)n2)CC1)c1ccccc1. The Bertz CT molecular complexity index is 1610. The van der Waals surface area contributed by atoms with Gasteiger partial charge in [-0.2, -0.15) is 15.0 Å². The summed E-state index contributed by atoms with van der Waals surface area (Å²) in [6, 6.07) is 15.0. The van der Waals surface area contributed by atoms with E-state index in [4.69, 9.17) is 4.74 Å². The molecule has 0 radical (unpaired) electrons. The van der Waals surface area contributed by atoms with E-state index in [1.165, 1.54) is 4.57 Å². The molecule has 0 bridgehead atoms. The molecule has 2 aromatic heterocycles. The van der Waals surface area contributed by atoms with Gasteiger partial charge in [-0.3, -0.25) is 4.57 Å². The molecule has 11 nitrogen and oxygen atoms in total. The summed E-state index contributed by atoms with van der Waals surface area (Å²) in [4.78, 5) is 20.1. The number of benzene rings is 2. The minimum Gasteiger partial charge on any atom is -0.378 e. The van der Waals surface area contributed by atoms with E-state index in [0.717, 1.165) is 0 Å². The second kappa shape index (κ2) is 11.6. The fourth-order valence-electron chi connectivity index (χ4n) is 5.25. The fourth-order valence-corrected chi connectivity index (χ4v) is 6.58. The van der Waals surface area contributed by atoms with E-state index in [2.05, 4.69) is 30.0 Å². The normalized spacial score (nSPS) is 20.0. The predicted molar refractivity (Wildman–Crippen MR) is 149 cm³/mol. The van der Waals surface area contributed by atoms with Crippen LogP contribution in [0.5, 0.6) is 0 Å². The van der Waals surface area contributed by atoms with Gasteiger partial charge in [0.2, 0.25) is 27.9 Å². The number of hydrogen-bond donors (Lipinski definition) is 2. The van der Waals surface area contributed by atoms with Crippen molar-refractivity contribution in [2.45, 2.75) is 49.1 Å². The van der Waals surface area contributed by atoms with Crippen molar-refractivity contribution >= 4 is 33.0 Å². The molecule has 4 aromatic rings. The van der Waals surface area contributed by atoms with Gasteiger partial charge in [-0.1, -0.05) is 30.3 Å². The molecule has 0 unspecified atom stereocenters. The zero-order valence-corrected chi connectivity index (χ0v) is 23.0. The van der Waals surface area contributed by atoms with Crippen LogP contribution in [0.25, 0.3) is 17.0 Å². The molecule has 0 amide bonds. The number of hydrogen-bond acceptors (Lipinski definition) is 9. The summed E-state index contributed by atoms with van der Waals surface area (Å²) in [5, 5.41) is 3.36. The molecule has 2 aromatic carbocycles. The van der Waals surface area contributed by atoms with Crippen LogP contribution in [0.2, 0.25) is 0 Å². The highest BCUT2D eigenvalue weighted by Gasteiger charge is 2.28. The lowest BCUT2D eigenvalue weighted by Crippen LogP contribution is -2.40. The second-order valence-electron chi connectivity index (χ2n) is 10.1. The number of sulfonamides is 1. The molecule has 1 saturated heterocycles. The van der Waals surface area contributed by atoms with E-state index in [0.29, 0.717) is 69.0 Å². The molecule has 3 heterocycles. The Morgan fingerprint density at radius 1 is 0.829 bits per heavy atom. The molecule has 1 saturated carbocycles. The van der Waals surface area contributed by atoms with Crippen molar-refractivity contribution in [1.82, 2.24) is 29.2 Å². The van der Waals surface area contributed by atoms with Crippen molar-refractivity contribution in [3.63, 3.8) is 0 Å². The van der Waals surface area contributed by atoms with Crippen LogP contribution in [0.4, 0.5) is 20.7 Å². The van der Waals surface area contributed by atoms with E-state index in [1.807, 2.05) is 4.90 Å². The molecule has 6 rings (SSSR count). The zero-order chi connectivity index (χ0) is 28.4. The van der Waals surface area contributed by atoms with E-state index in [-0.39, 0.29) is 28.9 Å². The van der Waals surface area contributed by atoms with Gasteiger partial charge < -0.3 is 15.0 Å². The first-order chi connectivity index (χ1) is 19.9. The number of aromatic nitrogens is 5. The van der Waals surface area contributed by atoms with Crippen LogP contribution >= 0.6 is 0 Å². The summed E-state index contributed by atoms with van der Waals surface area (Å²) in [5.41, 5.74) is 0.890. The third-order valence-electron chi connectivity index (χ3n) is 7.32. The summed E-state index contributed by atoms with van der Waals surface area (Å²) >= 11 is 0. The smallest absolute Gasteiger partial charge is 0.296 e. The van der Waals surface area contributed by atoms with Gasteiger partial charge >= 0.3 is 0 Å². The fraction of sp³-hybridized carbons (Fsp3) is 0.407. The van der Waals surface area contributed by atoms with E-state index < -0.39 is 22.3 Å². The first-order valence-electron chi connectivity index (χ1n) is 13.6. The molecule has 1 aliphatic carbocycles. The number of imidazole rings is 1. The van der Waals surface area contributed by atoms with Crippen LogP contribution in [-0.2, 0) is 14.8 Å². The van der Waals surface area contributed by atoms with E-state index in [1.54, 1.807) is 54.6 Å². The highest BCUT2D eigenvalue weighted by molar-refractivity contribution is 7.89. The highest BCUT2D eigenvalue weighted by Crippen LogP contribution is 2.29. The quantitative estimate of drug-likeness (QED) is 0.319. The van der Waals surface area contributed by atoms with Crippen LogP contribution in [-0.4, -0.2) is 71.3 Å². The summed E-state index contributed by atoms with van der Waals surface area (Å²) in [6.07, 6.45) is -0.241. The summed E-state index contributed by atoms with van der Waals surface area (Å²) in [7, 11) is -3.60. The van der Waals surface area contributed by atoms with E-state index >= 15 is 0 Å². The van der Waals surface area contributed by atoms with Gasteiger partial charge in [0.15, 0.2) is 5.82 Å². The van der Waals surface area contributed by atoms with Crippen LogP contribution in [0, 0.1) is 0 Å². The maximum Gasteiger partial charge on any atom is 0.296 e. The third kappa shape index (κ3) is 5.99. The van der Waals surface area contributed by atoms with Crippen molar-refractivity contribution in [1.29, 1.82) is 0 Å². The molecular weight excluding hydrogens is 554 g/mol. The summed E-state index contributed by atoms with van der Waals surface area (Å²) < 4.78 is 63.3. The van der Waals surface area contributed by atoms with E-state index in [9.17, 15) is 17.2 Å². The highest BCUT2D eigenvalue weighted by atomic mass is 32.2. The van der Waals surface area contributed by atoms with Gasteiger partial charge in [0.1, 0.15) is 0 Å². The number of nitrogens with zero attached hydrogens (tertiary/aromatic N) is 6. The van der Waals surface area contributed by atoms with Crippen LogP contribution < -0.4 is 14.9 Å². The van der Waals surface area contributed by atoms with Crippen molar-refractivity contribution in [2.24, 2.45) is 0 Å². The van der Waals surface area contributed by atoms with Crippen molar-refractivity contribution < 1.29 is 21.9 Å². The molecule has 216 valence electrons. The first kappa shape index (κ1) is 27.4. The zero-order valence-electron chi connectivity index (χ0n) is 22.2. The Labute approximate surface area is 236 Å². The lowest BCUT2D eigenvalue weighted by molar-refractivity contribution is 0.122. The number of fused-ring (bicyclic) bond motifs is 1. The number of anilines is 2. The van der Waals surface area contributed by atoms with Gasteiger partial charge in [0.05, 0.1) is 29.1 Å². The van der Waals surface area contributed by atoms with Crippen LogP contribution in [0.1, 0.15) is 37.9 Å². The Morgan fingerprint density at radius 3 is 2.22 bits per heavy atom. The average Bonchev–Trinajstić information content (AvgIpc) is 3.39. The molecule has 2 aliphatic rings. The largest absolute Gasteiger partial charge is 0.378 e. The molecule has 41 heavy (non-hydrogen) atoms. The molecular formula is C27H30F2N8O3S. The number of morpholine rings is 1. The molecule has 0 spiro atoms. The van der Waals surface area contributed by atoms with Gasteiger partial charge in [-0.05, 0) is 49.9 Å². The third-order valence-corrected chi connectivity index (χ3v) is 8.86. The maximum absolute atomic E-state index is 14.1. The summed E-state index contributed by atoms with van der Waals surface area (Å²) in [5.74, 6) is 0.241. The minimum absolute atomic E-state index is 0.0330. The number of halogens is 2. The van der Waals surface area contributed by atoms with Crippen molar-refractivity contribution in [3.05, 3.63) is 60.4 Å². The monoisotopic (exact) mass is 584 g/mol. The lowest BCUT2D eigenvalue weighted by Gasteiger charge is -2.30. The number of para-hydroxylation sites is 2.